The Morgan fingerprint density at radius 2 is 1.83 bits per heavy atom. The number of anilines is 1. The van der Waals surface area contributed by atoms with Gasteiger partial charge in [-0.2, -0.15) is 0 Å². The van der Waals surface area contributed by atoms with Crippen molar-refractivity contribution >= 4 is 43.8 Å². The number of hydrogen-bond donors (Lipinski definition) is 0. The highest BCUT2D eigenvalue weighted by atomic mass is 32.1. The Morgan fingerprint density at radius 3 is 2.58 bits per heavy atom. The van der Waals surface area contributed by atoms with Gasteiger partial charge < -0.3 is 9.30 Å². The minimum atomic E-state index is -0.482. The molecule has 0 spiro atoms. The SMILES string of the molecule is Cc1cc2nc(N(CCN3CCOCC3)C(=O)Cn3cnc4c3c(=O)n(C)c(=O)n4C)sc2cc1C. The summed E-state index contributed by atoms with van der Waals surface area (Å²) < 4.78 is 10.3. The molecule has 0 N–H and O–H groups in total. The summed E-state index contributed by atoms with van der Waals surface area (Å²) in [5.74, 6) is -0.203. The fourth-order valence-corrected chi connectivity index (χ4v) is 5.51. The van der Waals surface area contributed by atoms with E-state index in [4.69, 9.17) is 9.72 Å². The summed E-state index contributed by atoms with van der Waals surface area (Å²) in [6, 6.07) is 4.15. The third-order valence-corrected chi connectivity index (χ3v) is 7.83. The number of aromatic nitrogens is 5. The van der Waals surface area contributed by atoms with Crippen LogP contribution in [0.3, 0.4) is 0 Å². The molecule has 0 atom stereocenters. The first-order valence-electron chi connectivity index (χ1n) is 11.8. The molecule has 0 radical (unpaired) electrons. The molecule has 1 aromatic carbocycles. The van der Waals surface area contributed by atoms with E-state index >= 15 is 0 Å². The summed E-state index contributed by atoms with van der Waals surface area (Å²) in [5.41, 5.74) is 2.71. The zero-order chi connectivity index (χ0) is 25.6. The van der Waals surface area contributed by atoms with Crippen molar-refractivity contribution in [3.05, 3.63) is 50.4 Å². The number of ether oxygens (including phenoxy) is 1. The summed E-state index contributed by atoms with van der Waals surface area (Å²) >= 11 is 1.48. The van der Waals surface area contributed by atoms with Crippen LogP contribution in [0.5, 0.6) is 0 Å². The molecular weight excluding hydrogens is 482 g/mol. The van der Waals surface area contributed by atoms with Crippen LogP contribution in [0, 0.1) is 13.8 Å². The first-order valence-corrected chi connectivity index (χ1v) is 12.7. The smallest absolute Gasteiger partial charge is 0.332 e. The number of thiazole rings is 1. The van der Waals surface area contributed by atoms with Crippen molar-refractivity contribution in [2.75, 3.05) is 44.3 Å². The number of hydrogen-bond acceptors (Lipinski definition) is 8. The van der Waals surface area contributed by atoms with Crippen LogP contribution in [0.4, 0.5) is 5.13 Å². The molecule has 36 heavy (non-hydrogen) atoms. The molecule has 4 heterocycles. The standard InChI is InChI=1S/C24H29N7O4S/c1-15-11-17-18(12-16(15)2)36-23(26-17)31(6-5-29-7-9-35-10-8-29)19(32)13-30-14-25-21-20(30)22(33)28(4)24(34)27(21)3/h11-12,14H,5-10,13H2,1-4H3. The van der Waals surface area contributed by atoms with Crippen molar-refractivity contribution < 1.29 is 9.53 Å². The summed E-state index contributed by atoms with van der Waals surface area (Å²) in [7, 11) is 2.98. The van der Waals surface area contributed by atoms with E-state index in [-0.39, 0.29) is 23.6 Å². The fourth-order valence-electron chi connectivity index (χ4n) is 4.42. The van der Waals surface area contributed by atoms with Crippen LogP contribution in [0.25, 0.3) is 21.4 Å². The molecule has 1 saturated heterocycles. The Kier molecular flexibility index (Phi) is 6.49. The lowest BCUT2D eigenvalue weighted by atomic mass is 10.1. The minimum Gasteiger partial charge on any atom is -0.379 e. The highest BCUT2D eigenvalue weighted by Crippen LogP contribution is 2.31. The van der Waals surface area contributed by atoms with Crippen LogP contribution >= 0.6 is 11.3 Å². The molecular formula is C24H29N7O4S. The zero-order valence-corrected chi connectivity index (χ0v) is 21.7. The maximum atomic E-state index is 13.7. The maximum Gasteiger partial charge on any atom is 0.332 e. The summed E-state index contributed by atoms with van der Waals surface area (Å²) in [6.45, 7) is 8.14. The lowest BCUT2D eigenvalue weighted by Gasteiger charge is -2.29. The number of imidazole rings is 1. The normalized spacial score (nSPS) is 14.7. The Hall–Kier alpha value is -3.35. The van der Waals surface area contributed by atoms with Crippen molar-refractivity contribution in [3.8, 4) is 0 Å². The van der Waals surface area contributed by atoms with Crippen molar-refractivity contribution in [1.82, 2.24) is 28.6 Å². The molecule has 0 aliphatic carbocycles. The van der Waals surface area contributed by atoms with E-state index in [1.54, 1.807) is 11.9 Å². The molecule has 0 unspecified atom stereocenters. The molecule has 0 saturated carbocycles. The van der Waals surface area contributed by atoms with Gasteiger partial charge in [-0.05, 0) is 37.1 Å². The van der Waals surface area contributed by atoms with E-state index in [1.165, 1.54) is 39.4 Å². The van der Waals surface area contributed by atoms with E-state index in [1.807, 2.05) is 13.0 Å². The van der Waals surface area contributed by atoms with Crippen LogP contribution in [0.1, 0.15) is 11.1 Å². The van der Waals surface area contributed by atoms with E-state index < -0.39 is 11.2 Å². The Morgan fingerprint density at radius 1 is 1.11 bits per heavy atom. The molecule has 3 aromatic heterocycles. The van der Waals surface area contributed by atoms with Crippen molar-refractivity contribution in [2.45, 2.75) is 20.4 Å². The van der Waals surface area contributed by atoms with Crippen molar-refractivity contribution in [3.63, 3.8) is 0 Å². The molecule has 0 bridgehead atoms. The van der Waals surface area contributed by atoms with Gasteiger partial charge in [0.25, 0.3) is 5.56 Å². The minimum absolute atomic E-state index is 0.0962. The molecule has 4 aromatic rings. The highest BCUT2D eigenvalue weighted by molar-refractivity contribution is 7.22. The Labute approximate surface area is 211 Å². The number of aryl methyl sites for hydroxylation is 3. The van der Waals surface area contributed by atoms with Crippen LogP contribution in [-0.2, 0) is 30.2 Å². The number of carbonyl (C=O) groups excluding carboxylic acids is 1. The number of fused-ring (bicyclic) bond motifs is 2. The molecule has 5 rings (SSSR count). The van der Waals surface area contributed by atoms with Gasteiger partial charge >= 0.3 is 5.69 Å². The predicted octanol–water partition coefficient (Wildman–Crippen LogP) is 1.03. The highest BCUT2D eigenvalue weighted by Gasteiger charge is 2.24. The largest absolute Gasteiger partial charge is 0.379 e. The second kappa shape index (κ2) is 9.60. The van der Waals surface area contributed by atoms with Crippen LogP contribution in [0.15, 0.2) is 28.0 Å². The fraction of sp³-hybridized carbons (Fsp3) is 0.458. The quantitative estimate of drug-likeness (QED) is 0.380. The predicted molar refractivity (Wildman–Crippen MR) is 139 cm³/mol. The van der Waals surface area contributed by atoms with Gasteiger partial charge in [0.2, 0.25) is 5.91 Å². The van der Waals surface area contributed by atoms with Crippen molar-refractivity contribution in [2.24, 2.45) is 14.1 Å². The van der Waals surface area contributed by atoms with Crippen LogP contribution in [0.2, 0.25) is 0 Å². The topological polar surface area (TPSA) is 107 Å². The molecule has 12 heteroatoms. The van der Waals surface area contributed by atoms with E-state index in [9.17, 15) is 14.4 Å². The molecule has 1 aliphatic rings. The number of carbonyl (C=O) groups is 1. The average Bonchev–Trinajstić information content (AvgIpc) is 3.46. The van der Waals surface area contributed by atoms with Gasteiger partial charge in [-0.3, -0.25) is 28.5 Å². The van der Waals surface area contributed by atoms with Gasteiger partial charge in [-0.15, -0.1) is 0 Å². The first kappa shape index (κ1) is 24.3. The van der Waals surface area contributed by atoms with Gasteiger partial charge in [-0.1, -0.05) is 11.3 Å². The summed E-state index contributed by atoms with van der Waals surface area (Å²) in [5, 5.41) is 0.623. The van der Waals surface area contributed by atoms with E-state index in [0.717, 1.165) is 33.4 Å². The van der Waals surface area contributed by atoms with Gasteiger partial charge in [0.1, 0.15) is 6.54 Å². The van der Waals surface area contributed by atoms with Crippen LogP contribution < -0.4 is 16.1 Å². The summed E-state index contributed by atoms with van der Waals surface area (Å²) in [6.07, 6.45) is 1.44. The van der Waals surface area contributed by atoms with Crippen LogP contribution in [-0.4, -0.2) is 73.9 Å². The number of benzene rings is 1. The van der Waals surface area contributed by atoms with Crippen molar-refractivity contribution in [1.29, 1.82) is 0 Å². The van der Waals surface area contributed by atoms with Gasteiger partial charge in [0, 0.05) is 40.3 Å². The molecule has 1 fully saturated rings. The number of amides is 1. The number of morpholine rings is 1. The van der Waals surface area contributed by atoms with Gasteiger partial charge in [-0.25, -0.2) is 14.8 Å². The third-order valence-electron chi connectivity index (χ3n) is 6.79. The second-order valence-corrected chi connectivity index (χ2v) is 10.2. The average molecular weight is 512 g/mol. The first-order chi connectivity index (χ1) is 17.2. The number of rotatable bonds is 6. The summed E-state index contributed by atoms with van der Waals surface area (Å²) in [4.78, 5) is 51.8. The molecule has 1 aliphatic heterocycles. The molecule has 1 amide bonds. The zero-order valence-electron chi connectivity index (χ0n) is 20.9. The Balaban J connectivity index is 1.50. The second-order valence-electron chi connectivity index (χ2n) is 9.15. The lowest BCUT2D eigenvalue weighted by Crippen LogP contribution is -2.44. The van der Waals surface area contributed by atoms with E-state index in [0.29, 0.717) is 31.4 Å². The Bertz CT molecular complexity index is 1540. The van der Waals surface area contributed by atoms with E-state index in [2.05, 4.69) is 22.9 Å². The molecule has 11 nitrogen and oxygen atoms in total. The maximum absolute atomic E-state index is 13.7. The van der Waals surface area contributed by atoms with Gasteiger partial charge in [0.05, 0.1) is 29.8 Å². The third kappa shape index (κ3) is 4.36. The number of nitrogens with zero attached hydrogens (tertiary/aromatic N) is 7. The monoisotopic (exact) mass is 511 g/mol. The lowest BCUT2D eigenvalue weighted by molar-refractivity contribution is -0.119. The van der Waals surface area contributed by atoms with Gasteiger partial charge in [0.15, 0.2) is 16.3 Å². The molecule has 190 valence electrons.